The molecule has 1 amide bonds. The van der Waals surface area contributed by atoms with Crippen LogP contribution in [0.1, 0.15) is 22.4 Å². The smallest absolute Gasteiger partial charge is 0.221 e. The van der Waals surface area contributed by atoms with E-state index in [-0.39, 0.29) is 5.91 Å². The highest BCUT2D eigenvalue weighted by molar-refractivity contribution is 7.11. The predicted octanol–water partition coefficient (Wildman–Crippen LogP) is 3.04. The van der Waals surface area contributed by atoms with E-state index in [0.29, 0.717) is 0 Å². The number of benzene rings is 1. The molecule has 2 rings (SSSR count). The maximum absolute atomic E-state index is 11.2. The van der Waals surface area contributed by atoms with E-state index >= 15 is 0 Å². The number of rotatable bonds is 5. The topological polar surface area (TPSA) is 45.2 Å². The lowest BCUT2D eigenvalue weighted by Crippen LogP contribution is -2.18. The van der Waals surface area contributed by atoms with Crippen molar-refractivity contribution in [1.82, 2.24) is 9.88 Å². The van der Waals surface area contributed by atoms with Crippen molar-refractivity contribution in [3.05, 3.63) is 45.9 Å². The Morgan fingerprint density at radius 2 is 2.10 bits per heavy atom. The Kier molecular flexibility index (Phi) is 4.87. The van der Waals surface area contributed by atoms with Crippen LogP contribution in [0.2, 0.25) is 0 Å². The quantitative estimate of drug-likeness (QED) is 0.920. The lowest BCUT2D eigenvalue weighted by molar-refractivity contribution is -0.114. The number of carbonyl (C=O) groups excluding carboxylic acids is 1. The molecule has 0 saturated heterocycles. The molecular weight excluding hydrogens is 270 g/mol. The van der Waals surface area contributed by atoms with Gasteiger partial charge in [-0.05, 0) is 25.6 Å². The average Bonchev–Trinajstić information content (AvgIpc) is 2.76. The molecule has 0 spiro atoms. The van der Waals surface area contributed by atoms with Crippen molar-refractivity contribution in [2.75, 3.05) is 12.4 Å². The number of nitrogens with zero attached hydrogens (tertiary/aromatic N) is 2. The summed E-state index contributed by atoms with van der Waals surface area (Å²) < 4.78 is 0. The summed E-state index contributed by atoms with van der Waals surface area (Å²) >= 11 is 1.72. The van der Waals surface area contributed by atoms with Gasteiger partial charge in [0.05, 0.1) is 5.01 Å². The van der Waals surface area contributed by atoms with Crippen molar-refractivity contribution in [1.29, 1.82) is 0 Å². The van der Waals surface area contributed by atoms with Crippen molar-refractivity contribution in [3.8, 4) is 0 Å². The third-order valence-electron chi connectivity index (χ3n) is 2.86. The molecule has 0 aliphatic carbocycles. The molecule has 0 bridgehead atoms. The van der Waals surface area contributed by atoms with Gasteiger partial charge >= 0.3 is 0 Å². The Balaban J connectivity index is 2.03. The van der Waals surface area contributed by atoms with E-state index in [1.165, 1.54) is 11.8 Å². The molecule has 1 aromatic heterocycles. The van der Waals surface area contributed by atoms with Crippen LogP contribution in [-0.2, 0) is 17.9 Å². The molecule has 1 aromatic carbocycles. The van der Waals surface area contributed by atoms with Gasteiger partial charge in [-0.2, -0.15) is 0 Å². The standard InChI is InChI=1S/C15H19N3OS/c1-11(19)17-15-7-5-4-6-13(15)9-18(3)10-14-8-16-12(2)20-14/h4-8H,9-10H2,1-3H3,(H,17,19). The van der Waals surface area contributed by atoms with E-state index in [1.807, 2.05) is 37.4 Å². The first-order chi connectivity index (χ1) is 9.54. The number of hydrogen-bond donors (Lipinski definition) is 1. The molecule has 0 unspecified atom stereocenters. The molecule has 0 aliphatic heterocycles. The number of aryl methyl sites for hydroxylation is 1. The first-order valence-corrected chi connectivity index (χ1v) is 7.31. The number of thiazole rings is 1. The van der Waals surface area contributed by atoms with Gasteiger partial charge in [0, 0.05) is 36.8 Å². The summed E-state index contributed by atoms with van der Waals surface area (Å²) in [6, 6.07) is 7.90. The molecule has 20 heavy (non-hydrogen) atoms. The maximum Gasteiger partial charge on any atom is 0.221 e. The van der Waals surface area contributed by atoms with E-state index in [0.717, 1.165) is 29.3 Å². The number of carbonyl (C=O) groups is 1. The first kappa shape index (κ1) is 14.7. The van der Waals surface area contributed by atoms with E-state index in [1.54, 1.807) is 11.3 Å². The molecule has 1 heterocycles. The summed E-state index contributed by atoms with van der Waals surface area (Å²) in [7, 11) is 2.07. The van der Waals surface area contributed by atoms with Crippen molar-refractivity contribution < 1.29 is 4.79 Å². The summed E-state index contributed by atoms with van der Waals surface area (Å²) in [5.74, 6) is -0.0433. The number of anilines is 1. The van der Waals surface area contributed by atoms with Gasteiger partial charge in [0.2, 0.25) is 5.91 Å². The van der Waals surface area contributed by atoms with Crippen molar-refractivity contribution in [2.45, 2.75) is 26.9 Å². The van der Waals surface area contributed by atoms with Crippen LogP contribution in [-0.4, -0.2) is 22.8 Å². The van der Waals surface area contributed by atoms with Crippen molar-refractivity contribution in [3.63, 3.8) is 0 Å². The highest BCUT2D eigenvalue weighted by Gasteiger charge is 2.08. The highest BCUT2D eigenvalue weighted by Crippen LogP contribution is 2.19. The minimum absolute atomic E-state index is 0.0433. The fraction of sp³-hybridized carbons (Fsp3) is 0.333. The first-order valence-electron chi connectivity index (χ1n) is 6.50. The van der Waals surface area contributed by atoms with Crippen molar-refractivity contribution >= 4 is 22.9 Å². The third-order valence-corrected chi connectivity index (χ3v) is 3.76. The zero-order valence-corrected chi connectivity index (χ0v) is 12.8. The van der Waals surface area contributed by atoms with Gasteiger partial charge in [0.1, 0.15) is 0 Å². The summed E-state index contributed by atoms with van der Waals surface area (Å²) in [6.45, 7) is 5.19. The van der Waals surface area contributed by atoms with Crippen LogP contribution in [0.3, 0.4) is 0 Å². The van der Waals surface area contributed by atoms with Crippen LogP contribution >= 0.6 is 11.3 Å². The van der Waals surface area contributed by atoms with Crippen molar-refractivity contribution in [2.24, 2.45) is 0 Å². The van der Waals surface area contributed by atoms with E-state index in [9.17, 15) is 4.79 Å². The number of aromatic nitrogens is 1. The zero-order valence-electron chi connectivity index (χ0n) is 12.0. The predicted molar refractivity (Wildman–Crippen MR) is 82.8 cm³/mol. The van der Waals surface area contributed by atoms with Gasteiger partial charge in [0.25, 0.3) is 0 Å². The molecular formula is C15H19N3OS. The van der Waals surface area contributed by atoms with Gasteiger partial charge in [0.15, 0.2) is 0 Å². The summed E-state index contributed by atoms with van der Waals surface area (Å²) in [4.78, 5) is 18.9. The van der Waals surface area contributed by atoms with Crippen LogP contribution < -0.4 is 5.32 Å². The maximum atomic E-state index is 11.2. The second kappa shape index (κ2) is 6.63. The van der Waals surface area contributed by atoms with Crippen LogP contribution in [0.4, 0.5) is 5.69 Å². The van der Waals surface area contributed by atoms with E-state index in [4.69, 9.17) is 0 Å². The summed E-state index contributed by atoms with van der Waals surface area (Å²) in [5, 5.41) is 3.96. The van der Waals surface area contributed by atoms with Gasteiger partial charge < -0.3 is 5.32 Å². The fourth-order valence-corrected chi connectivity index (χ4v) is 2.94. The van der Waals surface area contributed by atoms with Gasteiger partial charge in [-0.3, -0.25) is 9.69 Å². The average molecular weight is 289 g/mol. The van der Waals surface area contributed by atoms with Crippen LogP contribution in [0.25, 0.3) is 0 Å². The summed E-state index contributed by atoms with van der Waals surface area (Å²) in [6.07, 6.45) is 1.93. The molecule has 0 saturated carbocycles. The highest BCUT2D eigenvalue weighted by atomic mass is 32.1. The second-order valence-electron chi connectivity index (χ2n) is 4.86. The normalized spacial score (nSPS) is 10.8. The number of para-hydroxylation sites is 1. The number of nitrogens with one attached hydrogen (secondary N) is 1. The number of amides is 1. The summed E-state index contributed by atoms with van der Waals surface area (Å²) in [5.41, 5.74) is 2.00. The monoisotopic (exact) mass is 289 g/mol. The fourth-order valence-electron chi connectivity index (χ4n) is 2.06. The Hall–Kier alpha value is -1.72. The Morgan fingerprint density at radius 1 is 1.35 bits per heavy atom. The largest absolute Gasteiger partial charge is 0.326 e. The second-order valence-corrected chi connectivity index (χ2v) is 6.18. The minimum Gasteiger partial charge on any atom is -0.326 e. The SMILES string of the molecule is CC(=O)Nc1ccccc1CN(C)Cc1cnc(C)s1. The molecule has 0 aliphatic rings. The molecule has 4 nitrogen and oxygen atoms in total. The Labute approximate surface area is 123 Å². The third kappa shape index (κ3) is 4.15. The molecule has 106 valence electrons. The van der Waals surface area contributed by atoms with Crippen LogP contribution in [0, 0.1) is 6.92 Å². The Morgan fingerprint density at radius 3 is 2.75 bits per heavy atom. The molecule has 0 fully saturated rings. The Bertz CT molecular complexity index is 594. The lowest BCUT2D eigenvalue weighted by Gasteiger charge is -2.18. The molecule has 2 aromatic rings. The minimum atomic E-state index is -0.0433. The zero-order chi connectivity index (χ0) is 14.5. The van der Waals surface area contributed by atoms with Gasteiger partial charge in [-0.15, -0.1) is 11.3 Å². The van der Waals surface area contributed by atoms with E-state index < -0.39 is 0 Å². The molecule has 0 atom stereocenters. The van der Waals surface area contributed by atoms with Crippen LogP contribution in [0.15, 0.2) is 30.5 Å². The number of hydrogen-bond acceptors (Lipinski definition) is 4. The molecule has 5 heteroatoms. The lowest BCUT2D eigenvalue weighted by atomic mass is 10.1. The van der Waals surface area contributed by atoms with Gasteiger partial charge in [-0.1, -0.05) is 18.2 Å². The van der Waals surface area contributed by atoms with E-state index in [2.05, 4.69) is 22.2 Å². The van der Waals surface area contributed by atoms with Crippen LogP contribution in [0.5, 0.6) is 0 Å². The molecule has 0 radical (unpaired) electrons. The van der Waals surface area contributed by atoms with Gasteiger partial charge in [-0.25, -0.2) is 4.98 Å². The molecule has 1 N–H and O–H groups in total.